The van der Waals surface area contributed by atoms with Gasteiger partial charge in [0, 0.05) is 30.8 Å². The molecule has 0 saturated carbocycles. The fourth-order valence-electron chi connectivity index (χ4n) is 2.37. The van der Waals surface area contributed by atoms with Crippen molar-refractivity contribution in [3.8, 4) is 0 Å². The van der Waals surface area contributed by atoms with Gasteiger partial charge in [0.25, 0.3) is 0 Å². The van der Waals surface area contributed by atoms with Crippen LogP contribution in [-0.2, 0) is 11.3 Å². The molecule has 1 fully saturated rings. The number of rotatable bonds is 4. The molecular formula is C15H19F3N2O3. The molecule has 0 unspecified atom stereocenters. The zero-order chi connectivity index (χ0) is 17.1. The van der Waals surface area contributed by atoms with Gasteiger partial charge in [-0.3, -0.25) is 0 Å². The normalized spacial score (nSPS) is 21.5. The standard InChI is InChI=1S/C15H19F3N2O3/c1-2-23-9-11-5-3-4-6-12(11)19-13(21)20-8-7-14(22,10-20)15(16,17)18/h3-6,22H,2,7-10H2,1H3,(H,19,21)/t14-/m1/s1. The number of para-hydroxylation sites is 1. The number of nitrogens with one attached hydrogen (secondary N) is 1. The average Bonchev–Trinajstić information content (AvgIpc) is 2.90. The lowest BCUT2D eigenvalue weighted by Crippen LogP contribution is -2.48. The van der Waals surface area contributed by atoms with Gasteiger partial charge in [-0.2, -0.15) is 13.2 Å². The first-order valence-electron chi connectivity index (χ1n) is 7.27. The van der Waals surface area contributed by atoms with Gasteiger partial charge in [0.15, 0.2) is 5.60 Å². The Morgan fingerprint density at radius 2 is 2.13 bits per heavy atom. The van der Waals surface area contributed by atoms with Crippen molar-refractivity contribution in [3.05, 3.63) is 29.8 Å². The van der Waals surface area contributed by atoms with Crippen molar-refractivity contribution in [2.45, 2.75) is 31.7 Å². The van der Waals surface area contributed by atoms with Crippen LogP contribution < -0.4 is 5.32 Å². The summed E-state index contributed by atoms with van der Waals surface area (Å²) >= 11 is 0. The molecule has 0 bridgehead atoms. The van der Waals surface area contributed by atoms with E-state index in [9.17, 15) is 23.1 Å². The van der Waals surface area contributed by atoms with Crippen LogP contribution in [0.4, 0.5) is 23.7 Å². The maximum Gasteiger partial charge on any atom is 0.419 e. The van der Waals surface area contributed by atoms with Crippen molar-refractivity contribution < 1.29 is 27.8 Å². The van der Waals surface area contributed by atoms with E-state index in [-0.39, 0.29) is 6.54 Å². The number of ether oxygens (including phenoxy) is 1. The van der Waals surface area contributed by atoms with E-state index in [0.717, 1.165) is 10.5 Å². The van der Waals surface area contributed by atoms with Crippen LogP contribution >= 0.6 is 0 Å². The second-order valence-electron chi connectivity index (χ2n) is 5.43. The number of β-amino-alcohol motifs (C(OH)–C–C–N with tert-alkyl or cyclic N) is 1. The van der Waals surface area contributed by atoms with Crippen LogP contribution in [0, 0.1) is 0 Å². The van der Waals surface area contributed by atoms with Crippen LogP contribution in [0.3, 0.4) is 0 Å². The first-order valence-corrected chi connectivity index (χ1v) is 7.27. The Hall–Kier alpha value is -1.80. The topological polar surface area (TPSA) is 61.8 Å². The van der Waals surface area contributed by atoms with Gasteiger partial charge in [-0.25, -0.2) is 4.79 Å². The van der Waals surface area contributed by atoms with E-state index in [4.69, 9.17) is 4.74 Å². The summed E-state index contributed by atoms with van der Waals surface area (Å²) in [6.07, 6.45) is -5.28. The number of amides is 2. The van der Waals surface area contributed by atoms with E-state index < -0.39 is 30.8 Å². The minimum atomic E-state index is -4.76. The molecular weight excluding hydrogens is 313 g/mol. The lowest BCUT2D eigenvalue weighted by atomic mass is 10.0. The summed E-state index contributed by atoms with van der Waals surface area (Å²) in [6, 6.07) is 6.23. The zero-order valence-corrected chi connectivity index (χ0v) is 12.7. The number of hydrogen-bond donors (Lipinski definition) is 2. The SMILES string of the molecule is CCOCc1ccccc1NC(=O)N1CC[C@](O)(C(F)(F)F)C1. The van der Waals surface area contributed by atoms with Crippen molar-refractivity contribution in [1.29, 1.82) is 0 Å². The number of urea groups is 1. The Balaban J connectivity index is 2.04. The third-order valence-electron chi connectivity index (χ3n) is 3.78. The average molecular weight is 332 g/mol. The van der Waals surface area contributed by atoms with Crippen LogP contribution in [-0.4, -0.2) is 47.5 Å². The number of likely N-dealkylation sites (tertiary alicyclic amines) is 1. The zero-order valence-electron chi connectivity index (χ0n) is 12.7. The van der Waals surface area contributed by atoms with Crippen molar-refractivity contribution >= 4 is 11.7 Å². The quantitative estimate of drug-likeness (QED) is 0.891. The summed E-state index contributed by atoms with van der Waals surface area (Å²) in [5, 5.41) is 12.2. The number of nitrogens with zero attached hydrogens (tertiary/aromatic N) is 1. The third-order valence-corrected chi connectivity index (χ3v) is 3.78. The van der Waals surface area contributed by atoms with Gasteiger partial charge < -0.3 is 20.1 Å². The summed E-state index contributed by atoms with van der Waals surface area (Å²) in [7, 11) is 0. The highest BCUT2D eigenvalue weighted by Crippen LogP contribution is 2.37. The van der Waals surface area contributed by atoms with Gasteiger partial charge >= 0.3 is 12.2 Å². The molecule has 1 aliphatic rings. The van der Waals surface area contributed by atoms with Crippen LogP contribution in [0.1, 0.15) is 18.9 Å². The molecule has 1 atom stereocenters. The number of benzene rings is 1. The molecule has 1 saturated heterocycles. The molecule has 0 radical (unpaired) electrons. The Kier molecular flexibility index (Phi) is 5.16. The Labute approximate surface area is 132 Å². The van der Waals surface area contributed by atoms with Gasteiger partial charge in [0.1, 0.15) is 0 Å². The number of alkyl halides is 3. The van der Waals surface area contributed by atoms with Crippen LogP contribution in [0.25, 0.3) is 0 Å². The molecule has 23 heavy (non-hydrogen) atoms. The molecule has 1 aromatic rings. The minimum Gasteiger partial charge on any atom is -0.379 e. The van der Waals surface area contributed by atoms with Crippen molar-refractivity contribution in [3.63, 3.8) is 0 Å². The smallest absolute Gasteiger partial charge is 0.379 e. The van der Waals surface area contributed by atoms with Crippen LogP contribution in [0.15, 0.2) is 24.3 Å². The number of carbonyl (C=O) groups is 1. The van der Waals surface area contributed by atoms with E-state index >= 15 is 0 Å². The first kappa shape index (κ1) is 17.6. The molecule has 0 aromatic heterocycles. The molecule has 5 nitrogen and oxygen atoms in total. The molecule has 2 amide bonds. The molecule has 2 N–H and O–H groups in total. The van der Waals surface area contributed by atoms with Gasteiger partial charge in [-0.15, -0.1) is 0 Å². The highest BCUT2D eigenvalue weighted by atomic mass is 19.4. The van der Waals surface area contributed by atoms with Gasteiger partial charge in [0.05, 0.1) is 13.2 Å². The van der Waals surface area contributed by atoms with E-state index in [1.807, 2.05) is 6.92 Å². The predicted octanol–water partition coefficient (Wildman–Crippen LogP) is 2.75. The Morgan fingerprint density at radius 3 is 2.74 bits per heavy atom. The monoisotopic (exact) mass is 332 g/mol. The third kappa shape index (κ3) is 3.94. The first-order chi connectivity index (χ1) is 10.8. The largest absolute Gasteiger partial charge is 0.419 e. The van der Waals surface area contributed by atoms with E-state index in [0.29, 0.717) is 18.9 Å². The predicted molar refractivity (Wildman–Crippen MR) is 78.0 cm³/mol. The van der Waals surface area contributed by atoms with Crippen LogP contribution in [0.2, 0.25) is 0 Å². The summed E-state index contributed by atoms with van der Waals surface area (Å²) < 4.78 is 43.7. The van der Waals surface area contributed by atoms with Gasteiger partial charge in [-0.05, 0) is 13.0 Å². The summed E-state index contributed by atoms with van der Waals surface area (Å²) in [5.74, 6) is 0. The molecule has 1 aromatic carbocycles. The Morgan fingerprint density at radius 1 is 1.43 bits per heavy atom. The molecule has 2 rings (SSSR count). The van der Waals surface area contributed by atoms with E-state index in [1.54, 1.807) is 24.3 Å². The molecule has 8 heteroatoms. The molecule has 1 heterocycles. The summed E-state index contributed by atoms with van der Waals surface area (Å²) in [5.41, 5.74) is -1.63. The molecule has 1 aliphatic heterocycles. The molecule has 0 spiro atoms. The number of carbonyl (C=O) groups excluding carboxylic acids is 1. The number of hydrogen-bond acceptors (Lipinski definition) is 3. The minimum absolute atomic E-state index is 0.157. The highest BCUT2D eigenvalue weighted by Gasteiger charge is 2.57. The van der Waals surface area contributed by atoms with Crippen molar-refractivity contribution in [1.82, 2.24) is 4.90 Å². The maximum atomic E-state index is 12.8. The fourth-order valence-corrected chi connectivity index (χ4v) is 2.37. The number of anilines is 1. The lowest BCUT2D eigenvalue weighted by Gasteiger charge is -2.26. The maximum absolute atomic E-state index is 12.8. The second kappa shape index (κ2) is 6.76. The molecule has 0 aliphatic carbocycles. The summed E-state index contributed by atoms with van der Waals surface area (Å²) in [4.78, 5) is 13.1. The van der Waals surface area contributed by atoms with E-state index in [2.05, 4.69) is 5.32 Å². The van der Waals surface area contributed by atoms with Gasteiger partial charge in [-0.1, -0.05) is 18.2 Å². The second-order valence-corrected chi connectivity index (χ2v) is 5.43. The fraction of sp³-hybridized carbons (Fsp3) is 0.533. The number of halogens is 3. The van der Waals surface area contributed by atoms with Crippen molar-refractivity contribution in [2.24, 2.45) is 0 Å². The lowest BCUT2D eigenvalue weighted by molar-refractivity contribution is -0.253. The Bertz CT molecular complexity index is 565. The van der Waals surface area contributed by atoms with Gasteiger partial charge in [0.2, 0.25) is 0 Å². The summed E-state index contributed by atoms with van der Waals surface area (Å²) in [6.45, 7) is 1.71. The van der Waals surface area contributed by atoms with Crippen LogP contribution in [0.5, 0.6) is 0 Å². The van der Waals surface area contributed by atoms with Crippen molar-refractivity contribution in [2.75, 3.05) is 25.0 Å². The number of aliphatic hydroxyl groups is 1. The van der Waals surface area contributed by atoms with E-state index in [1.165, 1.54) is 0 Å². The molecule has 128 valence electrons. The highest BCUT2D eigenvalue weighted by molar-refractivity contribution is 5.90.